The molecule has 0 bridgehead atoms. The summed E-state index contributed by atoms with van der Waals surface area (Å²) >= 11 is 6.20. The summed E-state index contributed by atoms with van der Waals surface area (Å²) in [5.74, 6) is 0.853. The van der Waals surface area contributed by atoms with Gasteiger partial charge in [-0.25, -0.2) is 0 Å². The van der Waals surface area contributed by atoms with E-state index in [0.29, 0.717) is 6.42 Å². The molecule has 2 rings (SSSR count). The van der Waals surface area contributed by atoms with Crippen LogP contribution in [0.4, 0.5) is 0 Å². The molecule has 1 unspecified atom stereocenters. The fourth-order valence-electron chi connectivity index (χ4n) is 2.30. The van der Waals surface area contributed by atoms with Gasteiger partial charge in [-0.3, -0.25) is 0 Å². The Hall–Kier alpha value is -1.51. The van der Waals surface area contributed by atoms with Crippen LogP contribution < -0.4 is 4.74 Å². The summed E-state index contributed by atoms with van der Waals surface area (Å²) in [5.41, 5.74) is 3.34. The van der Waals surface area contributed by atoms with Gasteiger partial charge in [0.05, 0.1) is 13.2 Å². The predicted octanol–water partition coefficient (Wildman–Crippen LogP) is 4.19. The molecule has 1 atom stereocenters. The Morgan fingerprint density at radius 3 is 2.48 bits per heavy atom. The first kappa shape index (κ1) is 15.9. The van der Waals surface area contributed by atoms with E-state index in [9.17, 15) is 5.11 Å². The third kappa shape index (κ3) is 4.76. The van der Waals surface area contributed by atoms with Crippen LogP contribution in [0.1, 0.15) is 23.1 Å². The van der Waals surface area contributed by atoms with Crippen LogP contribution >= 0.6 is 11.6 Å². The van der Waals surface area contributed by atoms with E-state index < -0.39 is 0 Å². The zero-order valence-corrected chi connectivity index (χ0v) is 13.2. The van der Waals surface area contributed by atoms with Crippen molar-refractivity contribution in [2.75, 3.05) is 7.11 Å². The Balaban J connectivity index is 1.87. The van der Waals surface area contributed by atoms with E-state index in [0.717, 1.165) is 34.7 Å². The summed E-state index contributed by atoms with van der Waals surface area (Å²) in [7, 11) is 1.66. The van der Waals surface area contributed by atoms with Crippen molar-refractivity contribution in [3.8, 4) is 5.75 Å². The minimum Gasteiger partial charge on any atom is -0.497 e. The van der Waals surface area contributed by atoms with Crippen LogP contribution in [-0.2, 0) is 12.8 Å². The molecule has 0 spiro atoms. The number of halogens is 1. The normalized spacial score (nSPS) is 12.2. The van der Waals surface area contributed by atoms with Crippen molar-refractivity contribution >= 4 is 11.6 Å². The highest BCUT2D eigenvalue weighted by Crippen LogP contribution is 2.20. The third-order valence-electron chi connectivity index (χ3n) is 3.59. The average molecular weight is 305 g/mol. The van der Waals surface area contributed by atoms with Crippen molar-refractivity contribution in [2.45, 2.75) is 32.3 Å². The van der Waals surface area contributed by atoms with Crippen LogP contribution in [0.2, 0.25) is 5.02 Å². The number of benzene rings is 2. The molecule has 0 radical (unpaired) electrons. The smallest absolute Gasteiger partial charge is 0.118 e. The first-order valence-electron chi connectivity index (χ1n) is 7.14. The lowest BCUT2D eigenvalue weighted by molar-refractivity contribution is 0.165. The molecule has 2 aromatic carbocycles. The van der Waals surface area contributed by atoms with Gasteiger partial charge >= 0.3 is 0 Å². The monoisotopic (exact) mass is 304 g/mol. The summed E-state index contributed by atoms with van der Waals surface area (Å²) in [5, 5.41) is 10.9. The lowest BCUT2D eigenvalue weighted by Crippen LogP contribution is -2.12. The van der Waals surface area contributed by atoms with Crippen molar-refractivity contribution in [3.05, 3.63) is 64.2 Å². The van der Waals surface area contributed by atoms with E-state index in [1.54, 1.807) is 7.11 Å². The van der Waals surface area contributed by atoms with Gasteiger partial charge in [0.2, 0.25) is 0 Å². The summed E-state index contributed by atoms with van der Waals surface area (Å²) < 4.78 is 5.13. The molecule has 3 heteroatoms. The van der Waals surface area contributed by atoms with Crippen molar-refractivity contribution < 1.29 is 9.84 Å². The zero-order chi connectivity index (χ0) is 15.2. The van der Waals surface area contributed by atoms with Gasteiger partial charge in [-0.2, -0.15) is 0 Å². The number of hydrogen-bond acceptors (Lipinski definition) is 2. The first-order valence-corrected chi connectivity index (χ1v) is 7.52. The second-order valence-corrected chi connectivity index (χ2v) is 5.75. The van der Waals surface area contributed by atoms with Gasteiger partial charge in [0.15, 0.2) is 0 Å². The van der Waals surface area contributed by atoms with Crippen molar-refractivity contribution in [1.82, 2.24) is 0 Å². The maximum atomic E-state index is 10.2. The maximum absolute atomic E-state index is 10.2. The maximum Gasteiger partial charge on any atom is 0.118 e. The molecule has 0 amide bonds. The summed E-state index contributed by atoms with van der Waals surface area (Å²) in [4.78, 5) is 0. The summed E-state index contributed by atoms with van der Waals surface area (Å²) in [6, 6.07) is 13.9. The Bertz CT molecular complexity index is 578. The van der Waals surface area contributed by atoms with Gasteiger partial charge in [-0.15, -0.1) is 0 Å². The number of aliphatic hydroxyl groups excluding tert-OH is 1. The number of aryl methyl sites for hydroxylation is 2. The lowest BCUT2D eigenvalue weighted by atomic mass is 10.0. The topological polar surface area (TPSA) is 29.5 Å². The SMILES string of the molecule is COc1ccc(CCC(O)Cc2ccc(C)cc2Cl)cc1. The number of methoxy groups -OCH3 is 1. The van der Waals surface area contributed by atoms with E-state index in [1.807, 2.05) is 49.4 Å². The van der Waals surface area contributed by atoms with E-state index in [1.165, 1.54) is 5.56 Å². The molecule has 0 saturated carbocycles. The van der Waals surface area contributed by atoms with Crippen LogP contribution in [0.15, 0.2) is 42.5 Å². The molecule has 1 N–H and O–H groups in total. The third-order valence-corrected chi connectivity index (χ3v) is 3.94. The second kappa shape index (κ2) is 7.48. The minimum absolute atomic E-state index is 0.382. The predicted molar refractivity (Wildman–Crippen MR) is 87.2 cm³/mol. The highest BCUT2D eigenvalue weighted by molar-refractivity contribution is 6.31. The molecule has 112 valence electrons. The van der Waals surface area contributed by atoms with Gasteiger partial charge in [-0.05, 0) is 61.1 Å². The van der Waals surface area contributed by atoms with Crippen molar-refractivity contribution in [1.29, 1.82) is 0 Å². The van der Waals surface area contributed by atoms with E-state index >= 15 is 0 Å². The molecular weight excluding hydrogens is 284 g/mol. The number of hydrogen-bond donors (Lipinski definition) is 1. The number of ether oxygens (including phenoxy) is 1. The first-order chi connectivity index (χ1) is 10.1. The molecular formula is C18H21ClO2. The van der Waals surface area contributed by atoms with Crippen LogP contribution in [0.3, 0.4) is 0 Å². The van der Waals surface area contributed by atoms with Crippen molar-refractivity contribution in [3.63, 3.8) is 0 Å². The van der Waals surface area contributed by atoms with Crippen LogP contribution in [0, 0.1) is 6.92 Å². The van der Waals surface area contributed by atoms with Crippen molar-refractivity contribution in [2.24, 2.45) is 0 Å². The van der Waals surface area contributed by atoms with Crippen LogP contribution in [0.5, 0.6) is 5.75 Å². The van der Waals surface area contributed by atoms with Gasteiger partial charge in [-0.1, -0.05) is 35.9 Å². The van der Waals surface area contributed by atoms with E-state index in [4.69, 9.17) is 16.3 Å². The average Bonchev–Trinajstić information content (AvgIpc) is 2.48. The molecule has 0 aromatic heterocycles. The largest absolute Gasteiger partial charge is 0.497 e. The van der Waals surface area contributed by atoms with Gasteiger partial charge < -0.3 is 9.84 Å². The fraction of sp³-hybridized carbons (Fsp3) is 0.333. The van der Waals surface area contributed by atoms with Crippen LogP contribution in [-0.4, -0.2) is 18.3 Å². The summed E-state index contributed by atoms with van der Waals surface area (Å²) in [6.07, 6.45) is 1.77. The van der Waals surface area contributed by atoms with E-state index in [2.05, 4.69) is 0 Å². The highest BCUT2D eigenvalue weighted by Gasteiger charge is 2.09. The number of rotatable bonds is 6. The molecule has 0 aliphatic rings. The lowest BCUT2D eigenvalue weighted by Gasteiger charge is -2.12. The highest BCUT2D eigenvalue weighted by atomic mass is 35.5. The summed E-state index contributed by atoms with van der Waals surface area (Å²) in [6.45, 7) is 2.01. The molecule has 0 fully saturated rings. The van der Waals surface area contributed by atoms with Gasteiger partial charge in [0.25, 0.3) is 0 Å². The molecule has 0 aliphatic heterocycles. The zero-order valence-electron chi connectivity index (χ0n) is 12.5. The Morgan fingerprint density at radius 2 is 1.86 bits per heavy atom. The molecule has 0 saturated heterocycles. The molecule has 2 nitrogen and oxygen atoms in total. The fourth-order valence-corrected chi connectivity index (χ4v) is 2.61. The standard InChI is InChI=1S/C18H21ClO2/c1-13-3-7-15(18(19)11-13)12-16(20)8-4-14-5-9-17(21-2)10-6-14/h3,5-7,9-11,16,20H,4,8,12H2,1-2H3. The second-order valence-electron chi connectivity index (χ2n) is 5.34. The van der Waals surface area contributed by atoms with Crippen LogP contribution in [0.25, 0.3) is 0 Å². The molecule has 21 heavy (non-hydrogen) atoms. The Labute approximate surface area is 131 Å². The molecule has 0 aliphatic carbocycles. The Kier molecular flexibility index (Phi) is 5.66. The molecule has 2 aromatic rings. The Morgan fingerprint density at radius 1 is 1.14 bits per heavy atom. The molecule has 0 heterocycles. The number of aliphatic hydroxyl groups is 1. The minimum atomic E-state index is -0.382. The van der Waals surface area contributed by atoms with Gasteiger partial charge in [0, 0.05) is 5.02 Å². The quantitative estimate of drug-likeness (QED) is 0.867. The van der Waals surface area contributed by atoms with Gasteiger partial charge in [0.1, 0.15) is 5.75 Å². The van der Waals surface area contributed by atoms with E-state index in [-0.39, 0.29) is 6.10 Å².